The average molecular weight is 275 g/mol. The number of rotatable bonds is 2. The van der Waals surface area contributed by atoms with Gasteiger partial charge in [0.15, 0.2) is 0 Å². The third kappa shape index (κ3) is 1.78. The van der Waals surface area contributed by atoms with Gasteiger partial charge in [-0.15, -0.1) is 0 Å². The largest absolute Gasteiger partial charge is 0.478 e. The molecule has 1 aliphatic rings. The maximum atomic E-state index is 11.7. The van der Waals surface area contributed by atoms with Crippen LogP contribution in [-0.2, 0) is 16.8 Å². The van der Waals surface area contributed by atoms with E-state index >= 15 is 0 Å². The summed E-state index contributed by atoms with van der Waals surface area (Å²) in [5.41, 5.74) is -0.0145. The van der Waals surface area contributed by atoms with Crippen LogP contribution in [0, 0.1) is 0 Å². The van der Waals surface area contributed by atoms with E-state index in [4.69, 9.17) is 16.3 Å². The molecule has 0 fully saturated rings. The van der Waals surface area contributed by atoms with Gasteiger partial charge in [-0.2, -0.15) is 0 Å². The molecule has 0 aromatic heterocycles. The molecule has 2 aromatic rings. The molecule has 2 aromatic carbocycles. The van der Waals surface area contributed by atoms with Crippen LogP contribution < -0.4 is 4.74 Å². The second-order valence-electron chi connectivity index (χ2n) is 4.49. The van der Waals surface area contributed by atoms with Gasteiger partial charge in [-0.1, -0.05) is 48.0 Å². The smallest absolute Gasteiger partial charge is 0.353 e. The van der Waals surface area contributed by atoms with Crippen molar-refractivity contribution in [3.05, 3.63) is 64.7 Å². The first kappa shape index (κ1) is 12.1. The molecular formula is C15H11ClO3. The van der Waals surface area contributed by atoms with Gasteiger partial charge in [-0.05, 0) is 12.1 Å². The van der Waals surface area contributed by atoms with Crippen LogP contribution in [-0.4, -0.2) is 11.1 Å². The topological polar surface area (TPSA) is 46.5 Å². The Balaban J connectivity index is 2.13. The number of hydrogen-bond donors (Lipinski definition) is 1. The van der Waals surface area contributed by atoms with Crippen molar-refractivity contribution in [1.29, 1.82) is 0 Å². The van der Waals surface area contributed by atoms with Gasteiger partial charge in [0.2, 0.25) is 5.60 Å². The van der Waals surface area contributed by atoms with E-state index in [1.54, 1.807) is 42.5 Å². The van der Waals surface area contributed by atoms with Crippen LogP contribution in [0.3, 0.4) is 0 Å². The van der Waals surface area contributed by atoms with Crippen molar-refractivity contribution < 1.29 is 14.6 Å². The van der Waals surface area contributed by atoms with Gasteiger partial charge in [0.25, 0.3) is 0 Å². The highest BCUT2D eigenvalue weighted by Crippen LogP contribution is 2.44. The van der Waals surface area contributed by atoms with E-state index in [1.165, 1.54) is 0 Å². The Kier molecular flexibility index (Phi) is 2.72. The molecule has 0 saturated heterocycles. The lowest BCUT2D eigenvalue weighted by Gasteiger charge is -2.24. The molecule has 19 heavy (non-hydrogen) atoms. The van der Waals surface area contributed by atoms with Gasteiger partial charge in [-0.3, -0.25) is 0 Å². The van der Waals surface area contributed by atoms with Crippen molar-refractivity contribution >= 4 is 17.6 Å². The Hall–Kier alpha value is -2.00. The van der Waals surface area contributed by atoms with Gasteiger partial charge >= 0.3 is 5.97 Å². The summed E-state index contributed by atoms with van der Waals surface area (Å²) in [7, 11) is 0. The summed E-state index contributed by atoms with van der Waals surface area (Å²) < 4.78 is 5.74. The third-order valence-corrected chi connectivity index (χ3v) is 3.73. The molecule has 3 nitrogen and oxygen atoms in total. The zero-order valence-electron chi connectivity index (χ0n) is 9.97. The summed E-state index contributed by atoms with van der Waals surface area (Å²) in [6.45, 7) is 0. The van der Waals surface area contributed by atoms with Crippen molar-refractivity contribution in [1.82, 2.24) is 0 Å². The molecule has 0 radical (unpaired) electrons. The van der Waals surface area contributed by atoms with E-state index in [1.807, 2.05) is 6.07 Å². The first-order valence-electron chi connectivity index (χ1n) is 5.89. The normalized spacial score (nSPS) is 20.7. The molecule has 1 unspecified atom stereocenters. The van der Waals surface area contributed by atoms with Crippen LogP contribution in [0.1, 0.15) is 11.1 Å². The van der Waals surface area contributed by atoms with Crippen molar-refractivity contribution in [2.24, 2.45) is 0 Å². The predicted octanol–water partition coefficient (Wildman–Crippen LogP) is 3.26. The number of fused-ring (bicyclic) bond motifs is 1. The maximum absolute atomic E-state index is 11.7. The Morgan fingerprint density at radius 2 is 1.89 bits per heavy atom. The Morgan fingerprint density at radius 3 is 2.53 bits per heavy atom. The molecule has 1 aliphatic heterocycles. The van der Waals surface area contributed by atoms with Crippen LogP contribution in [0.2, 0.25) is 5.02 Å². The minimum absolute atomic E-state index is 0.237. The van der Waals surface area contributed by atoms with Crippen molar-refractivity contribution in [3.8, 4) is 5.75 Å². The monoisotopic (exact) mass is 274 g/mol. The minimum atomic E-state index is -1.38. The number of aliphatic carboxylic acids is 1. The number of hydrogen-bond acceptors (Lipinski definition) is 2. The highest BCUT2D eigenvalue weighted by atomic mass is 35.5. The Bertz CT molecular complexity index is 639. The molecule has 0 bridgehead atoms. The number of halogens is 1. The molecule has 0 aliphatic carbocycles. The fraction of sp³-hybridized carbons (Fsp3) is 0.133. The van der Waals surface area contributed by atoms with Crippen molar-refractivity contribution in [3.63, 3.8) is 0 Å². The number of carbonyl (C=O) groups is 1. The molecule has 96 valence electrons. The SMILES string of the molecule is O=C(O)C1(c2ccccc2)Cc2c(Cl)cccc2O1. The Morgan fingerprint density at radius 1 is 1.16 bits per heavy atom. The second-order valence-corrected chi connectivity index (χ2v) is 4.90. The molecule has 4 heteroatoms. The van der Waals surface area contributed by atoms with Gasteiger partial charge in [0.05, 0.1) is 0 Å². The molecule has 0 spiro atoms. The molecule has 3 rings (SSSR count). The van der Waals surface area contributed by atoms with E-state index in [9.17, 15) is 9.90 Å². The first-order chi connectivity index (χ1) is 9.13. The summed E-state index contributed by atoms with van der Waals surface area (Å²) >= 11 is 6.12. The lowest BCUT2D eigenvalue weighted by Crippen LogP contribution is -2.40. The first-order valence-corrected chi connectivity index (χ1v) is 6.26. The highest BCUT2D eigenvalue weighted by Gasteiger charge is 2.48. The lowest BCUT2D eigenvalue weighted by atomic mass is 9.89. The van der Waals surface area contributed by atoms with E-state index in [0.717, 1.165) is 5.56 Å². The average Bonchev–Trinajstić information content (AvgIpc) is 2.82. The zero-order chi connectivity index (χ0) is 13.5. The molecule has 1 atom stereocenters. The van der Waals surface area contributed by atoms with E-state index in [2.05, 4.69) is 0 Å². The summed E-state index contributed by atoms with van der Waals surface area (Å²) in [6.07, 6.45) is 0.237. The van der Waals surface area contributed by atoms with Crippen molar-refractivity contribution in [2.75, 3.05) is 0 Å². The number of ether oxygens (including phenoxy) is 1. The molecule has 0 amide bonds. The molecule has 1 heterocycles. The van der Waals surface area contributed by atoms with E-state index in [-0.39, 0.29) is 6.42 Å². The number of carboxylic acids is 1. The maximum Gasteiger partial charge on any atom is 0.353 e. The van der Waals surface area contributed by atoms with Crippen LogP contribution >= 0.6 is 11.6 Å². The zero-order valence-corrected chi connectivity index (χ0v) is 10.7. The second kappa shape index (κ2) is 4.28. The Labute approximate surface area is 115 Å². The summed E-state index contributed by atoms with van der Waals surface area (Å²) in [4.78, 5) is 11.7. The van der Waals surface area contributed by atoms with Crippen LogP contribution in [0.15, 0.2) is 48.5 Å². The van der Waals surface area contributed by atoms with Crippen molar-refractivity contribution in [2.45, 2.75) is 12.0 Å². The third-order valence-electron chi connectivity index (χ3n) is 3.37. The van der Waals surface area contributed by atoms with Gasteiger partial charge < -0.3 is 9.84 Å². The van der Waals surface area contributed by atoms with Gasteiger partial charge in [-0.25, -0.2) is 4.79 Å². The van der Waals surface area contributed by atoms with E-state index in [0.29, 0.717) is 16.3 Å². The predicted molar refractivity (Wildman–Crippen MR) is 71.5 cm³/mol. The lowest BCUT2D eigenvalue weighted by molar-refractivity contribution is -0.154. The standard InChI is InChI=1S/C15H11ClO3/c16-12-7-4-8-13-11(12)9-15(19-13,14(17)18)10-5-2-1-3-6-10/h1-8H,9H2,(H,17,18). The highest BCUT2D eigenvalue weighted by molar-refractivity contribution is 6.31. The van der Waals surface area contributed by atoms with Gasteiger partial charge in [0, 0.05) is 22.6 Å². The van der Waals surface area contributed by atoms with Crippen LogP contribution in [0.25, 0.3) is 0 Å². The molecule has 1 N–H and O–H groups in total. The quantitative estimate of drug-likeness (QED) is 0.914. The fourth-order valence-electron chi connectivity index (χ4n) is 2.39. The molecule has 0 saturated carbocycles. The number of benzene rings is 2. The van der Waals surface area contributed by atoms with Crippen LogP contribution in [0.5, 0.6) is 5.75 Å². The van der Waals surface area contributed by atoms with Crippen LogP contribution in [0.4, 0.5) is 0 Å². The summed E-state index contributed by atoms with van der Waals surface area (Å²) in [5, 5.41) is 10.2. The van der Waals surface area contributed by atoms with Gasteiger partial charge in [0.1, 0.15) is 5.75 Å². The summed E-state index contributed by atoms with van der Waals surface area (Å²) in [5.74, 6) is -0.468. The fourth-order valence-corrected chi connectivity index (χ4v) is 2.62. The minimum Gasteiger partial charge on any atom is -0.478 e. The molecular weight excluding hydrogens is 264 g/mol. The van der Waals surface area contributed by atoms with E-state index < -0.39 is 11.6 Å². The number of carboxylic acid groups (broad SMARTS) is 1. The summed E-state index contributed by atoms with van der Waals surface area (Å²) in [6, 6.07) is 14.2.